The molecule has 2 N–H and O–H groups in total. The molecule has 1 aliphatic rings. The molecule has 0 aliphatic carbocycles. The number of carbonyl (C=O) groups excluding carboxylic acids is 1. The van der Waals surface area contributed by atoms with Crippen LogP contribution in [0.4, 0.5) is 0 Å². The Hall–Kier alpha value is -1.56. The number of sulfone groups is 1. The van der Waals surface area contributed by atoms with Crippen molar-refractivity contribution in [2.75, 3.05) is 5.75 Å². The molecule has 1 fully saturated rings. The molecule has 1 unspecified atom stereocenters. The molecule has 1 atom stereocenters. The van der Waals surface area contributed by atoms with Crippen LogP contribution in [0.2, 0.25) is 0 Å². The number of hydrogen-bond acceptors (Lipinski definition) is 4. The molecule has 104 valence electrons. The first-order valence-corrected chi connectivity index (χ1v) is 7.98. The first kappa shape index (κ1) is 13.9. The van der Waals surface area contributed by atoms with Crippen molar-refractivity contribution < 1.29 is 18.3 Å². The van der Waals surface area contributed by atoms with Crippen molar-refractivity contribution in [2.24, 2.45) is 0 Å². The van der Waals surface area contributed by atoms with E-state index in [2.05, 4.69) is 5.32 Å². The van der Waals surface area contributed by atoms with Crippen LogP contribution in [0.5, 0.6) is 5.75 Å². The van der Waals surface area contributed by atoms with E-state index >= 15 is 0 Å². The minimum Gasteiger partial charge on any atom is -0.508 e. The van der Waals surface area contributed by atoms with Crippen LogP contribution in [0, 0.1) is 0 Å². The van der Waals surface area contributed by atoms with Crippen LogP contribution in [0.15, 0.2) is 24.3 Å². The minimum absolute atomic E-state index is 0.101. The Bertz CT molecular complexity index is 551. The van der Waals surface area contributed by atoms with Gasteiger partial charge in [-0.25, -0.2) is 8.42 Å². The lowest BCUT2D eigenvalue weighted by Crippen LogP contribution is -2.42. The Morgan fingerprint density at radius 3 is 2.58 bits per heavy atom. The summed E-state index contributed by atoms with van der Waals surface area (Å²) in [5.41, 5.74) is 0.819. The third-order valence-corrected chi connectivity index (χ3v) is 5.45. The summed E-state index contributed by atoms with van der Waals surface area (Å²) in [6.45, 7) is 0.269. The second kappa shape index (κ2) is 5.61. The topological polar surface area (TPSA) is 83.5 Å². The van der Waals surface area contributed by atoms with E-state index in [0.29, 0.717) is 12.8 Å². The summed E-state index contributed by atoms with van der Waals surface area (Å²) in [6, 6.07) is 6.42. The van der Waals surface area contributed by atoms with Crippen LogP contribution in [-0.4, -0.2) is 30.4 Å². The summed E-state index contributed by atoms with van der Waals surface area (Å²) in [4.78, 5) is 11.9. The van der Waals surface area contributed by atoms with E-state index in [1.807, 2.05) is 0 Å². The van der Waals surface area contributed by atoms with Gasteiger partial charge in [0.05, 0.1) is 5.75 Å². The number of benzene rings is 1. The molecule has 1 heterocycles. The highest BCUT2D eigenvalue weighted by Gasteiger charge is 2.34. The van der Waals surface area contributed by atoms with Crippen molar-refractivity contribution in [3.8, 4) is 5.75 Å². The van der Waals surface area contributed by atoms with Crippen LogP contribution in [-0.2, 0) is 21.2 Å². The molecule has 0 aromatic heterocycles. The fourth-order valence-electron chi connectivity index (χ4n) is 2.17. The molecular formula is C13H17NO4S. The molecule has 1 saturated heterocycles. The van der Waals surface area contributed by atoms with Gasteiger partial charge in [0.1, 0.15) is 11.0 Å². The molecule has 19 heavy (non-hydrogen) atoms. The average molecular weight is 283 g/mol. The molecule has 6 heteroatoms. The first-order chi connectivity index (χ1) is 8.99. The van der Waals surface area contributed by atoms with Gasteiger partial charge in [-0.1, -0.05) is 18.6 Å². The number of hydrogen-bond donors (Lipinski definition) is 2. The van der Waals surface area contributed by atoms with Crippen molar-refractivity contribution in [3.05, 3.63) is 29.8 Å². The van der Waals surface area contributed by atoms with E-state index in [9.17, 15) is 13.2 Å². The summed E-state index contributed by atoms with van der Waals surface area (Å²) >= 11 is 0. The zero-order chi connectivity index (χ0) is 13.9. The monoisotopic (exact) mass is 283 g/mol. The molecular weight excluding hydrogens is 266 g/mol. The van der Waals surface area contributed by atoms with Gasteiger partial charge >= 0.3 is 0 Å². The lowest BCUT2D eigenvalue weighted by Gasteiger charge is -2.21. The van der Waals surface area contributed by atoms with Crippen molar-refractivity contribution in [2.45, 2.75) is 31.1 Å². The van der Waals surface area contributed by atoms with Crippen LogP contribution >= 0.6 is 0 Å². The van der Waals surface area contributed by atoms with Crippen molar-refractivity contribution in [1.29, 1.82) is 0 Å². The van der Waals surface area contributed by atoms with Gasteiger partial charge in [0.15, 0.2) is 9.84 Å². The first-order valence-electron chi connectivity index (χ1n) is 6.26. The van der Waals surface area contributed by atoms with Crippen molar-refractivity contribution in [3.63, 3.8) is 0 Å². The van der Waals surface area contributed by atoms with E-state index in [-0.39, 0.29) is 18.0 Å². The number of amides is 1. The van der Waals surface area contributed by atoms with Gasteiger partial charge < -0.3 is 10.4 Å². The number of aromatic hydroxyl groups is 1. The van der Waals surface area contributed by atoms with Gasteiger partial charge in [-0.05, 0) is 30.5 Å². The van der Waals surface area contributed by atoms with E-state index in [4.69, 9.17) is 5.11 Å². The number of nitrogens with one attached hydrogen (secondary N) is 1. The summed E-state index contributed by atoms with van der Waals surface area (Å²) in [7, 11) is -3.29. The number of rotatable bonds is 3. The molecule has 1 amide bonds. The highest BCUT2D eigenvalue weighted by atomic mass is 32.2. The molecule has 1 aromatic carbocycles. The van der Waals surface area contributed by atoms with Gasteiger partial charge in [0, 0.05) is 6.54 Å². The second-order valence-corrected chi connectivity index (χ2v) is 7.04. The fraction of sp³-hybridized carbons (Fsp3) is 0.462. The van der Waals surface area contributed by atoms with E-state index in [1.54, 1.807) is 12.1 Å². The molecule has 0 radical (unpaired) electrons. The third kappa shape index (κ3) is 3.47. The number of phenolic OH excluding ortho intramolecular Hbond substituents is 1. The summed E-state index contributed by atoms with van der Waals surface area (Å²) < 4.78 is 23.6. The van der Waals surface area contributed by atoms with Gasteiger partial charge in [-0.3, -0.25) is 4.79 Å². The summed E-state index contributed by atoms with van der Waals surface area (Å²) in [5, 5.41) is 10.9. The minimum atomic E-state index is -3.29. The maximum Gasteiger partial charge on any atom is 0.238 e. The molecule has 1 aromatic rings. The molecule has 0 saturated carbocycles. The molecule has 1 aliphatic heterocycles. The van der Waals surface area contributed by atoms with Gasteiger partial charge in [0.25, 0.3) is 0 Å². The predicted octanol–water partition coefficient (Wildman–Crippen LogP) is 0.976. The molecule has 0 bridgehead atoms. The quantitative estimate of drug-likeness (QED) is 0.866. The maximum absolute atomic E-state index is 11.9. The van der Waals surface area contributed by atoms with Crippen LogP contribution in [0.1, 0.15) is 24.8 Å². The Morgan fingerprint density at radius 2 is 1.95 bits per heavy atom. The maximum atomic E-state index is 11.9. The molecule has 5 nitrogen and oxygen atoms in total. The van der Waals surface area contributed by atoms with Gasteiger partial charge in [0.2, 0.25) is 5.91 Å². The zero-order valence-corrected chi connectivity index (χ0v) is 11.3. The van der Waals surface area contributed by atoms with Crippen LogP contribution < -0.4 is 5.32 Å². The Morgan fingerprint density at radius 1 is 1.26 bits per heavy atom. The largest absolute Gasteiger partial charge is 0.508 e. The van der Waals surface area contributed by atoms with Crippen molar-refractivity contribution >= 4 is 15.7 Å². The smallest absolute Gasteiger partial charge is 0.238 e. The molecule has 0 spiro atoms. The van der Waals surface area contributed by atoms with E-state index in [1.165, 1.54) is 12.1 Å². The van der Waals surface area contributed by atoms with Gasteiger partial charge in [-0.2, -0.15) is 0 Å². The van der Waals surface area contributed by atoms with Crippen LogP contribution in [0.3, 0.4) is 0 Å². The standard InChI is InChI=1S/C13H17NO4S/c15-11-6-4-10(5-7-11)9-14-13(16)12-3-1-2-8-19(12,17)18/h4-7,12,15H,1-3,8-9H2,(H,14,16). The zero-order valence-electron chi connectivity index (χ0n) is 10.5. The fourth-order valence-corrected chi connectivity index (χ4v) is 3.99. The van der Waals surface area contributed by atoms with E-state index < -0.39 is 21.0 Å². The lowest BCUT2D eigenvalue weighted by molar-refractivity contribution is -0.121. The highest BCUT2D eigenvalue weighted by Crippen LogP contribution is 2.19. The SMILES string of the molecule is O=C(NCc1ccc(O)cc1)C1CCCCS1(=O)=O. The number of phenols is 1. The summed E-state index contributed by atoms with van der Waals surface area (Å²) in [6.07, 6.45) is 1.82. The molecule has 2 rings (SSSR count). The highest BCUT2D eigenvalue weighted by molar-refractivity contribution is 7.92. The number of carbonyl (C=O) groups is 1. The van der Waals surface area contributed by atoms with Gasteiger partial charge in [-0.15, -0.1) is 0 Å². The van der Waals surface area contributed by atoms with Crippen molar-refractivity contribution in [1.82, 2.24) is 5.32 Å². The van der Waals surface area contributed by atoms with Crippen LogP contribution in [0.25, 0.3) is 0 Å². The Balaban J connectivity index is 1.96. The Labute approximate surface area is 112 Å². The average Bonchev–Trinajstić information content (AvgIpc) is 2.37. The summed E-state index contributed by atoms with van der Waals surface area (Å²) in [5.74, 6) is -0.165. The van der Waals surface area contributed by atoms with E-state index in [0.717, 1.165) is 12.0 Å². The Kier molecular flexibility index (Phi) is 4.09. The predicted molar refractivity (Wildman–Crippen MR) is 71.4 cm³/mol. The normalized spacial score (nSPS) is 21.8. The third-order valence-electron chi connectivity index (χ3n) is 3.27. The second-order valence-electron chi connectivity index (χ2n) is 4.74. The lowest BCUT2D eigenvalue weighted by atomic mass is 10.1.